The summed E-state index contributed by atoms with van der Waals surface area (Å²) in [5.74, 6) is 0. The molecule has 2 N–H and O–H groups in total. The SMILES string of the molecule is CN(CCC(F)(F)F)C(CC(N)=S)c1ccccc1. The molecular formula is C13H17F3N2S. The standard InChI is InChI=1S/C13H17F3N2S/c1-18(8-7-13(14,15)16)11(9-12(17)19)10-5-3-2-4-6-10/h2-6,11H,7-9H2,1H3,(H2,17,19). The predicted octanol–water partition coefficient (Wildman–Crippen LogP) is 3.29. The number of rotatable bonds is 6. The van der Waals surface area contributed by atoms with Crippen LogP contribution in [0.5, 0.6) is 0 Å². The highest BCUT2D eigenvalue weighted by molar-refractivity contribution is 7.80. The summed E-state index contributed by atoms with van der Waals surface area (Å²) in [6, 6.07) is 9.07. The van der Waals surface area contributed by atoms with Crippen molar-refractivity contribution in [2.45, 2.75) is 25.1 Å². The Kier molecular flexibility index (Phi) is 5.75. The van der Waals surface area contributed by atoms with Gasteiger partial charge in [-0.25, -0.2) is 0 Å². The van der Waals surface area contributed by atoms with Gasteiger partial charge in [-0.2, -0.15) is 13.2 Å². The Morgan fingerprint density at radius 1 is 1.32 bits per heavy atom. The van der Waals surface area contributed by atoms with Gasteiger partial charge in [0.15, 0.2) is 0 Å². The van der Waals surface area contributed by atoms with Crippen LogP contribution >= 0.6 is 12.2 Å². The van der Waals surface area contributed by atoms with E-state index in [1.165, 1.54) is 0 Å². The van der Waals surface area contributed by atoms with Gasteiger partial charge in [0.1, 0.15) is 0 Å². The van der Waals surface area contributed by atoms with Crippen LogP contribution in [0.4, 0.5) is 13.2 Å². The van der Waals surface area contributed by atoms with Gasteiger partial charge in [-0.3, -0.25) is 4.90 Å². The first kappa shape index (κ1) is 15.9. The van der Waals surface area contributed by atoms with Crippen LogP contribution in [-0.2, 0) is 0 Å². The lowest BCUT2D eigenvalue weighted by Gasteiger charge is -2.28. The molecule has 0 fully saturated rings. The van der Waals surface area contributed by atoms with Crippen molar-refractivity contribution in [3.8, 4) is 0 Å². The third-order valence-corrected chi connectivity index (χ3v) is 3.03. The summed E-state index contributed by atoms with van der Waals surface area (Å²) in [5.41, 5.74) is 6.45. The van der Waals surface area contributed by atoms with Crippen LogP contribution in [0.15, 0.2) is 30.3 Å². The zero-order valence-electron chi connectivity index (χ0n) is 10.7. The Hall–Kier alpha value is -1.14. The normalized spacial score (nSPS) is 13.5. The molecule has 0 aromatic heterocycles. The molecule has 0 spiro atoms. The number of alkyl halides is 3. The molecule has 1 rings (SSSR count). The fraction of sp³-hybridized carbons (Fsp3) is 0.462. The first-order valence-corrected chi connectivity index (χ1v) is 6.30. The van der Waals surface area contributed by atoms with E-state index in [2.05, 4.69) is 0 Å². The second-order valence-electron chi connectivity index (χ2n) is 4.44. The number of thiocarbonyl (C=S) groups is 1. The maximum absolute atomic E-state index is 12.3. The molecule has 1 aromatic rings. The molecule has 1 aromatic carbocycles. The minimum Gasteiger partial charge on any atom is -0.393 e. The van der Waals surface area contributed by atoms with Gasteiger partial charge in [0.2, 0.25) is 0 Å². The molecular weight excluding hydrogens is 273 g/mol. The monoisotopic (exact) mass is 290 g/mol. The molecule has 0 saturated carbocycles. The molecule has 0 radical (unpaired) electrons. The van der Waals surface area contributed by atoms with E-state index < -0.39 is 12.6 Å². The molecule has 106 valence electrons. The van der Waals surface area contributed by atoms with E-state index in [0.717, 1.165) is 5.56 Å². The van der Waals surface area contributed by atoms with Gasteiger partial charge in [0, 0.05) is 19.0 Å². The van der Waals surface area contributed by atoms with Gasteiger partial charge >= 0.3 is 6.18 Å². The first-order valence-electron chi connectivity index (χ1n) is 5.90. The second kappa shape index (κ2) is 6.86. The van der Waals surface area contributed by atoms with E-state index in [0.29, 0.717) is 11.4 Å². The number of nitrogens with zero attached hydrogens (tertiary/aromatic N) is 1. The Bertz CT molecular complexity index is 406. The lowest BCUT2D eigenvalue weighted by Crippen LogP contribution is -2.31. The van der Waals surface area contributed by atoms with Crippen LogP contribution in [0.25, 0.3) is 0 Å². The predicted molar refractivity (Wildman–Crippen MR) is 73.9 cm³/mol. The summed E-state index contributed by atoms with van der Waals surface area (Å²) in [6.45, 7) is -0.0777. The van der Waals surface area contributed by atoms with Crippen molar-refractivity contribution < 1.29 is 13.2 Å². The largest absolute Gasteiger partial charge is 0.393 e. The minimum absolute atomic E-state index is 0.0777. The number of benzene rings is 1. The van der Waals surface area contributed by atoms with Crippen LogP contribution in [0.3, 0.4) is 0 Å². The zero-order valence-corrected chi connectivity index (χ0v) is 11.5. The van der Waals surface area contributed by atoms with Gasteiger partial charge < -0.3 is 5.73 Å². The van der Waals surface area contributed by atoms with E-state index in [9.17, 15) is 13.2 Å². The molecule has 0 heterocycles. The highest BCUT2D eigenvalue weighted by atomic mass is 32.1. The van der Waals surface area contributed by atoms with E-state index >= 15 is 0 Å². The van der Waals surface area contributed by atoms with Gasteiger partial charge in [-0.15, -0.1) is 0 Å². The van der Waals surface area contributed by atoms with E-state index in [-0.39, 0.29) is 12.6 Å². The van der Waals surface area contributed by atoms with Crippen molar-refractivity contribution in [1.29, 1.82) is 0 Å². The van der Waals surface area contributed by atoms with Crippen molar-refractivity contribution in [2.75, 3.05) is 13.6 Å². The van der Waals surface area contributed by atoms with Crippen molar-refractivity contribution in [3.05, 3.63) is 35.9 Å². The van der Waals surface area contributed by atoms with Crippen molar-refractivity contribution in [2.24, 2.45) is 5.73 Å². The van der Waals surface area contributed by atoms with Gasteiger partial charge in [-0.05, 0) is 12.6 Å². The molecule has 6 heteroatoms. The molecule has 0 aliphatic heterocycles. The maximum Gasteiger partial charge on any atom is 0.390 e. The van der Waals surface area contributed by atoms with Crippen LogP contribution in [0, 0.1) is 0 Å². The van der Waals surface area contributed by atoms with Gasteiger partial charge in [-0.1, -0.05) is 42.5 Å². The zero-order chi connectivity index (χ0) is 14.5. The fourth-order valence-corrected chi connectivity index (χ4v) is 2.01. The summed E-state index contributed by atoms with van der Waals surface area (Å²) < 4.78 is 36.8. The molecule has 0 aliphatic rings. The first-order chi connectivity index (χ1) is 8.79. The lowest BCUT2D eigenvalue weighted by molar-refractivity contribution is -0.138. The number of hydrogen-bond acceptors (Lipinski definition) is 2. The van der Waals surface area contributed by atoms with Gasteiger partial charge in [0.05, 0.1) is 11.4 Å². The molecule has 0 saturated heterocycles. The van der Waals surface area contributed by atoms with E-state index in [4.69, 9.17) is 18.0 Å². The summed E-state index contributed by atoms with van der Waals surface area (Å²) >= 11 is 4.88. The Balaban J connectivity index is 2.77. The average molecular weight is 290 g/mol. The van der Waals surface area contributed by atoms with Crippen molar-refractivity contribution in [1.82, 2.24) is 4.90 Å². The van der Waals surface area contributed by atoms with Crippen LogP contribution < -0.4 is 5.73 Å². The molecule has 1 atom stereocenters. The van der Waals surface area contributed by atoms with Crippen LogP contribution in [0.1, 0.15) is 24.4 Å². The fourth-order valence-electron chi connectivity index (χ4n) is 1.85. The molecule has 0 bridgehead atoms. The topological polar surface area (TPSA) is 29.3 Å². The Labute approximate surface area is 116 Å². The van der Waals surface area contributed by atoms with E-state index in [1.54, 1.807) is 11.9 Å². The molecule has 1 unspecified atom stereocenters. The maximum atomic E-state index is 12.3. The van der Waals surface area contributed by atoms with E-state index in [1.807, 2.05) is 30.3 Å². The molecule has 2 nitrogen and oxygen atoms in total. The summed E-state index contributed by atoms with van der Waals surface area (Å²) in [6.07, 6.45) is -4.63. The van der Waals surface area contributed by atoms with Gasteiger partial charge in [0.25, 0.3) is 0 Å². The quantitative estimate of drug-likeness (QED) is 0.815. The van der Waals surface area contributed by atoms with Crippen LogP contribution in [-0.4, -0.2) is 29.7 Å². The third kappa shape index (κ3) is 6.02. The molecule has 0 aliphatic carbocycles. The van der Waals surface area contributed by atoms with Crippen molar-refractivity contribution >= 4 is 17.2 Å². The minimum atomic E-state index is -4.15. The highest BCUT2D eigenvalue weighted by Crippen LogP contribution is 2.26. The number of nitrogens with two attached hydrogens (primary N) is 1. The molecule has 19 heavy (non-hydrogen) atoms. The number of hydrogen-bond donors (Lipinski definition) is 1. The van der Waals surface area contributed by atoms with Crippen molar-refractivity contribution in [3.63, 3.8) is 0 Å². The summed E-state index contributed by atoms with van der Waals surface area (Å²) in [5, 5.41) is 0. The van der Waals surface area contributed by atoms with Crippen LogP contribution in [0.2, 0.25) is 0 Å². The highest BCUT2D eigenvalue weighted by Gasteiger charge is 2.29. The third-order valence-electron chi connectivity index (χ3n) is 2.86. The summed E-state index contributed by atoms with van der Waals surface area (Å²) in [7, 11) is 1.65. The Morgan fingerprint density at radius 3 is 2.37 bits per heavy atom. The lowest BCUT2D eigenvalue weighted by atomic mass is 10.0. The number of halogens is 3. The Morgan fingerprint density at radius 2 is 1.89 bits per heavy atom. The average Bonchev–Trinajstić information content (AvgIpc) is 2.33. The second-order valence-corrected chi connectivity index (χ2v) is 4.97. The summed E-state index contributed by atoms with van der Waals surface area (Å²) in [4.78, 5) is 1.94. The smallest absolute Gasteiger partial charge is 0.390 e. The molecule has 0 amide bonds.